The van der Waals surface area contributed by atoms with Crippen LogP contribution < -0.4 is 10.6 Å². The molecule has 0 saturated carbocycles. The highest BCUT2D eigenvalue weighted by atomic mass is 16.4. The number of carboxylic acids is 1. The minimum atomic E-state index is -1.18. The molecule has 0 radical (unpaired) electrons. The number of carbonyl (C=O) groups is 2. The first-order chi connectivity index (χ1) is 7.49. The average molecular weight is 227 g/mol. The maximum atomic E-state index is 11.2. The number of carboxylic acid groups (broad SMARTS) is 1. The van der Waals surface area contributed by atoms with Crippen molar-refractivity contribution >= 4 is 17.9 Å². The van der Waals surface area contributed by atoms with E-state index < -0.39 is 5.97 Å². The third-order valence-corrected chi connectivity index (χ3v) is 1.57. The van der Waals surface area contributed by atoms with E-state index in [2.05, 4.69) is 15.6 Å². The molecule has 7 heteroatoms. The van der Waals surface area contributed by atoms with Crippen LogP contribution in [0.1, 0.15) is 24.3 Å². The van der Waals surface area contributed by atoms with Gasteiger partial charge in [-0.2, -0.15) is 4.98 Å². The van der Waals surface area contributed by atoms with Gasteiger partial charge in [0.15, 0.2) is 5.69 Å². The fourth-order valence-electron chi connectivity index (χ4n) is 0.982. The summed E-state index contributed by atoms with van der Waals surface area (Å²) < 4.78 is 4.80. The predicted octanol–water partition coefficient (Wildman–Crippen LogP) is 0.309. The second kappa shape index (κ2) is 5.15. The maximum absolute atomic E-state index is 11.2. The predicted molar refractivity (Wildman–Crippen MR) is 55.2 cm³/mol. The van der Waals surface area contributed by atoms with Gasteiger partial charge in [-0.25, -0.2) is 4.79 Å². The van der Waals surface area contributed by atoms with Crippen LogP contribution in [0, 0.1) is 0 Å². The van der Waals surface area contributed by atoms with Gasteiger partial charge in [0.1, 0.15) is 6.26 Å². The molecule has 7 nitrogen and oxygen atoms in total. The molecule has 0 aliphatic carbocycles. The molecule has 0 aliphatic heterocycles. The van der Waals surface area contributed by atoms with Gasteiger partial charge in [0.05, 0.1) is 6.54 Å². The van der Waals surface area contributed by atoms with Gasteiger partial charge in [-0.1, -0.05) is 0 Å². The van der Waals surface area contributed by atoms with Gasteiger partial charge in [0.2, 0.25) is 5.91 Å². The SMILES string of the molecule is CC(C)NC(=O)CNc1nc(C(=O)O)co1. The molecular formula is C9H13N3O4. The molecule has 0 bridgehead atoms. The molecule has 1 rings (SSSR count). The normalized spacial score (nSPS) is 10.2. The quantitative estimate of drug-likeness (QED) is 0.668. The molecule has 0 atom stereocenters. The van der Waals surface area contributed by atoms with Gasteiger partial charge in [0.25, 0.3) is 6.01 Å². The minimum Gasteiger partial charge on any atom is -0.476 e. The Morgan fingerprint density at radius 3 is 2.75 bits per heavy atom. The summed E-state index contributed by atoms with van der Waals surface area (Å²) >= 11 is 0. The van der Waals surface area contributed by atoms with Crippen LogP contribution in [-0.4, -0.2) is 34.6 Å². The maximum Gasteiger partial charge on any atom is 0.357 e. The van der Waals surface area contributed by atoms with Crippen LogP contribution in [0.3, 0.4) is 0 Å². The van der Waals surface area contributed by atoms with Crippen LogP contribution in [0.2, 0.25) is 0 Å². The monoisotopic (exact) mass is 227 g/mol. The Kier molecular flexibility index (Phi) is 3.87. The van der Waals surface area contributed by atoms with E-state index >= 15 is 0 Å². The van der Waals surface area contributed by atoms with E-state index in [4.69, 9.17) is 9.52 Å². The summed E-state index contributed by atoms with van der Waals surface area (Å²) in [5, 5.41) is 13.8. The molecule has 1 amide bonds. The molecular weight excluding hydrogens is 214 g/mol. The zero-order valence-electron chi connectivity index (χ0n) is 8.98. The van der Waals surface area contributed by atoms with Crippen LogP contribution in [-0.2, 0) is 4.79 Å². The fourth-order valence-corrected chi connectivity index (χ4v) is 0.982. The summed E-state index contributed by atoms with van der Waals surface area (Å²) in [6.07, 6.45) is 1.00. The van der Waals surface area contributed by atoms with E-state index in [1.807, 2.05) is 13.8 Å². The van der Waals surface area contributed by atoms with Crippen molar-refractivity contribution in [3.8, 4) is 0 Å². The van der Waals surface area contributed by atoms with Crippen molar-refractivity contribution in [1.82, 2.24) is 10.3 Å². The molecule has 0 spiro atoms. The third-order valence-electron chi connectivity index (χ3n) is 1.57. The zero-order valence-corrected chi connectivity index (χ0v) is 8.98. The van der Waals surface area contributed by atoms with Crippen molar-refractivity contribution in [2.75, 3.05) is 11.9 Å². The molecule has 3 N–H and O–H groups in total. The van der Waals surface area contributed by atoms with E-state index in [0.717, 1.165) is 6.26 Å². The van der Waals surface area contributed by atoms with Gasteiger partial charge < -0.3 is 20.2 Å². The van der Waals surface area contributed by atoms with Gasteiger partial charge in [-0.05, 0) is 13.8 Å². The molecule has 1 heterocycles. The van der Waals surface area contributed by atoms with Crippen molar-refractivity contribution in [3.05, 3.63) is 12.0 Å². The second-order valence-corrected chi connectivity index (χ2v) is 3.42. The van der Waals surface area contributed by atoms with Gasteiger partial charge in [0, 0.05) is 6.04 Å². The summed E-state index contributed by atoms with van der Waals surface area (Å²) in [5.41, 5.74) is -0.202. The van der Waals surface area contributed by atoms with Crippen LogP contribution in [0.15, 0.2) is 10.7 Å². The molecule has 0 unspecified atom stereocenters. The number of hydrogen-bond donors (Lipinski definition) is 3. The van der Waals surface area contributed by atoms with Crippen LogP contribution in [0.4, 0.5) is 6.01 Å². The lowest BCUT2D eigenvalue weighted by molar-refractivity contribution is -0.119. The molecule has 0 aromatic carbocycles. The zero-order chi connectivity index (χ0) is 12.1. The number of aromatic nitrogens is 1. The first-order valence-electron chi connectivity index (χ1n) is 4.71. The summed E-state index contributed by atoms with van der Waals surface area (Å²) in [5.74, 6) is -1.39. The molecule has 0 fully saturated rings. The Balaban J connectivity index is 2.42. The number of oxazole rings is 1. The number of carbonyl (C=O) groups excluding carboxylic acids is 1. The second-order valence-electron chi connectivity index (χ2n) is 3.42. The summed E-state index contributed by atoms with van der Waals surface area (Å²) in [7, 11) is 0. The number of nitrogens with zero attached hydrogens (tertiary/aromatic N) is 1. The topological polar surface area (TPSA) is 104 Å². The lowest BCUT2D eigenvalue weighted by Gasteiger charge is -2.07. The molecule has 88 valence electrons. The first kappa shape index (κ1) is 12.0. The van der Waals surface area contributed by atoms with Gasteiger partial charge >= 0.3 is 5.97 Å². The minimum absolute atomic E-state index is 0.0105. The standard InChI is InChI=1S/C9H13N3O4/c1-5(2)11-7(13)3-10-9-12-6(4-16-9)8(14)15/h4-5H,3H2,1-2H3,(H,10,12)(H,11,13)(H,14,15). The fraction of sp³-hybridized carbons (Fsp3) is 0.444. The largest absolute Gasteiger partial charge is 0.476 e. The van der Waals surface area contributed by atoms with Crippen LogP contribution in [0.25, 0.3) is 0 Å². The Labute approximate surface area is 91.9 Å². The van der Waals surface area contributed by atoms with E-state index in [-0.39, 0.29) is 30.2 Å². The Hall–Kier alpha value is -2.05. The van der Waals surface area contributed by atoms with Crippen molar-refractivity contribution in [2.45, 2.75) is 19.9 Å². The highest BCUT2D eigenvalue weighted by Crippen LogP contribution is 2.06. The first-order valence-corrected chi connectivity index (χ1v) is 4.71. The number of nitrogens with one attached hydrogen (secondary N) is 2. The van der Waals surface area contributed by atoms with E-state index in [1.165, 1.54) is 0 Å². The lowest BCUT2D eigenvalue weighted by atomic mass is 10.4. The third kappa shape index (κ3) is 3.60. The molecule has 0 aliphatic rings. The smallest absolute Gasteiger partial charge is 0.357 e. The van der Waals surface area contributed by atoms with E-state index in [1.54, 1.807) is 0 Å². The summed E-state index contributed by atoms with van der Waals surface area (Å²) in [6.45, 7) is 3.66. The van der Waals surface area contributed by atoms with E-state index in [9.17, 15) is 9.59 Å². The van der Waals surface area contributed by atoms with Crippen molar-refractivity contribution in [3.63, 3.8) is 0 Å². The molecule has 16 heavy (non-hydrogen) atoms. The molecule has 0 saturated heterocycles. The molecule has 1 aromatic heterocycles. The number of anilines is 1. The van der Waals surface area contributed by atoms with Crippen LogP contribution >= 0.6 is 0 Å². The van der Waals surface area contributed by atoms with Crippen molar-refractivity contribution in [1.29, 1.82) is 0 Å². The lowest BCUT2D eigenvalue weighted by Crippen LogP contribution is -2.34. The van der Waals surface area contributed by atoms with Gasteiger partial charge in [-0.15, -0.1) is 0 Å². The van der Waals surface area contributed by atoms with Crippen LogP contribution in [0.5, 0.6) is 0 Å². The highest BCUT2D eigenvalue weighted by molar-refractivity contribution is 5.85. The average Bonchev–Trinajstić information content (AvgIpc) is 2.61. The Morgan fingerprint density at radius 1 is 1.56 bits per heavy atom. The molecule has 1 aromatic rings. The van der Waals surface area contributed by atoms with Crippen molar-refractivity contribution < 1.29 is 19.1 Å². The summed E-state index contributed by atoms with van der Waals surface area (Å²) in [6, 6.07) is 0.0600. The highest BCUT2D eigenvalue weighted by Gasteiger charge is 2.11. The number of aromatic carboxylic acids is 1. The number of amides is 1. The Morgan fingerprint density at radius 2 is 2.25 bits per heavy atom. The number of rotatable bonds is 5. The van der Waals surface area contributed by atoms with Crippen molar-refractivity contribution in [2.24, 2.45) is 0 Å². The van der Waals surface area contributed by atoms with Gasteiger partial charge in [-0.3, -0.25) is 4.79 Å². The van der Waals surface area contributed by atoms with E-state index in [0.29, 0.717) is 0 Å². The Bertz CT molecular complexity index is 386. The number of hydrogen-bond acceptors (Lipinski definition) is 5. The summed E-state index contributed by atoms with van der Waals surface area (Å²) in [4.78, 5) is 25.3.